The first-order valence-corrected chi connectivity index (χ1v) is 9.71. The molecule has 0 heterocycles. The molecule has 0 aliphatic carbocycles. The molecule has 0 fully saturated rings. The van der Waals surface area contributed by atoms with Crippen molar-refractivity contribution in [3.8, 4) is 11.5 Å². The third-order valence-electron chi connectivity index (χ3n) is 4.06. The quantitative estimate of drug-likeness (QED) is 0.535. The number of hydrogen-bond donors (Lipinski definition) is 1. The maximum Gasteiger partial charge on any atom is 0.180 e. The fourth-order valence-electron chi connectivity index (χ4n) is 2.71. The predicted octanol–water partition coefficient (Wildman–Crippen LogP) is 5.76. The second-order valence-electron chi connectivity index (χ2n) is 6.97. The Hall–Kier alpha value is -1.71. The van der Waals surface area contributed by atoms with Gasteiger partial charge in [-0.15, -0.1) is 0 Å². The van der Waals surface area contributed by atoms with Crippen LogP contribution in [0.2, 0.25) is 5.02 Å². The van der Waals surface area contributed by atoms with Gasteiger partial charge in [0.15, 0.2) is 11.5 Å². The topological polar surface area (TPSA) is 30.5 Å². The van der Waals surface area contributed by atoms with Crippen molar-refractivity contribution in [2.45, 2.75) is 47.3 Å². The van der Waals surface area contributed by atoms with Crippen LogP contribution in [0.4, 0.5) is 0 Å². The normalized spacial score (nSPS) is 11.0. The molecule has 3 nitrogen and oxygen atoms in total. The van der Waals surface area contributed by atoms with Crippen molar-refractivity contribution < 1.29 is 9.47 Å². The fraction of sp³-hybridized carbons (Fsp3) is 0.455. The predicted molar refractivity (Wildman–Crippen MR) is 109 cm³/mol. The highest BCUT2D eigenvalue weighted by Gasteiger charge is 2.13. The van der Waals surface area contributed by atoms with Crippen molar-refractivity contribution in [3.05, 3.63) is 58.1 Å². The molecule has 142 valence electrons. The second kappa shape index (κ2) is 10.4. The number of ether oxygens (including phenoxy) is 2. The van der Waals surface area contributed by atoms with Gasteiger partial charge in [-0.2, -0.15) is 0 Å². The first-order valence-electron chi connectivity index (χ1n) is 9.33. The van der Waals surface area contributed by atoms with Gasteiger partial charge < -0.3 is 14.8 Å². The summed E-state index contributed by atoms with van der Waals surface area (Å²) in [7, 11) is 0. The van der Waals surface area contributed by atoms with Gasteiger partial charge >= 0.3 is 0 Å². The van der Waals surface area contributed by atoms with E-state index < -0.39 is 0 Å². The molecule has 0 unspecified atom stereocenters. The summed E-state index contributed by atoms with van der Waals surface area (Å²) < 4.78 is 11.8. The Balaban J connectivity index is 2.07. The SMILES string of the molecule is CCOc1cc(CNCCC(C)C)cc(Cl)c1OCc1cccc(C)c1. The van der Waals surface area contributed by atoms with Crippen LogP contribution in [-0.2, 0) is 13.2 Å². The molecule has 0 aliphatic rings. The van der Waals surface area contributed by atoms with E-state index in [4.69, 9.17) is 21.1 Å². The number of aryl methyl sites for hydroxylation is 1. The van der Waals surface area contributed by atoms with E-state index in [-0.39, 0.29) is 0 Å². The minimum atomic E-state index is 0.466. The third kappa shape index (κ3) is 6.54. The molecular weight excluding hydrogens is 346 g/mol. The van der Waals surface area contributed by atoms with E-state index in [0.29, 0.717) is 35.7 Å². The zero-order valence-corrected chi connectivity index (χ0v) is 17.0. The molecule has 0 atom stereocenters. The van der Waals surface area contributed by atoms with Crippen LogP contribution in [0, 0.1) is 12.8 Å². The largest absolute Gasteiger partial charge is 0.490 e. The summed E-state index contributed by atoms with van der Waals surface area (Å²) in [5, 5.41) is 4.05. The molecule has 0 aromatic heterocycles. The van der Waals surface area contributed by atoms with Gasteiger partial charge in [-0.3, -0.25) is 0 Å². The van der Waals surface area contributed by atoms with Crippen molar-refractivity contribution in [1.82, 2.24) is 5.32 Å². The third-order valence-corrected chi connectivity index (χ3v) is 4.34. The summed E-state index contributed by atoms with van der Waals surface area (Å²) in [5.74, 6) is 2.01. The Kier molecular flexibility index (Phi) is 8.27. The van der Waals surface area contributed by atoms with Crippen LogP contribution in [0.5, 0.6) is 11.5 Å². The number of rotatable bonds is 10. The highest BCUT2D eigenvalue weighted by molar-refractivity contribution is 6.32. The summed E-state index contributed by atoms with van der Waals surface area (Å²) in [4.78, 5) is 0. The van der Waals surface area contributed by atoms with Crippen molar-refractivity contribution in [2.75, 3.05) is 13.2 Å². The van der Waals surface area contributed by atoms with Gasteiger partial charge in [0, 0.05) is 6.54 Å². The molecule has 0 bridgehead atoms. The summed E-state index contributed by atoms with van der Waals surface area (Å²) in [6, 6.07) is 12.2. The van der Waals surface area contributed by atoms with Gasteiger partial charge in [-0.1, -0.05) is 55.3 Å². The monoisotopic (exact) mass is 375 g/mol. The minimum absolute atomic E-state index is 0.466. The zero-order valence-electron chi connectivity index (χ0n) is 16.3. The summed E-state index contributed by atoms with van der Waals surface area (Å²) in [6.45, 7) is 11.3. The number of halogens is 1. The second-order valence-corrected chi connectivity index (χ2v) is 7.38. The molecule has 0 aliphatic heterocycles. The van der Waals surface area contributed by atoms with E-state index >= 15 is 0 Å². The molecule has 26 heavy (non-hydrogen) atoms. The molecule has 0 spiro atoms. The fourth-order valence-corrected chi connectivity index (χ4v) is 3.00. The number of hydrogen-bond acceptors (Lipinski definition) is 3. The van der Waals surface area contributed by atoms with E-state index in [1.54, 1.807) is 0 Å². The van der Waals surface area contributed by atoms with Crippen LogP contribution in [-0.4, -0.2) is 13.2 Å². The lowest BCUT2D eigenvalue weighted by Crippen LogP contribution is -2.16. The molecule has 1 N–H and O–H groups in total. The molecular formula is C22H30ClNO2. The average molecular weight is 376 g/mol. The standard InChI is InChI=1S/C22H30ClNO2/c1-5-25-21-13-19(14-24-10-9-16(2)3)12-20(23)22(21)26-15-18-8-6-7-17(4)11-18/h6-8,11-13,16,24H,5,9-10,14-15H2,1-4H3. The number of benzene rings is 2. The number of nitrogens with one attached hydrogen (secondary N) is 1. The van der Waals surface area contributed by atoms with Crippen molar-refractivity contribution in [3.63, 3.8) is 0 Å². The van der Waals surface area contributed by atoms with E-state index in [9.17, 15) is 0 Å². The van der Waals surface area contributed by atoms with Gasteiger partial charge in [-0.25, -0.2) is 0 Å². The van der Waals surface area contributed by atoms with Crippen LogP contribution in [0.1, 0.15) is 43.9 Å². The molecule has 0 radical (unpaired) electrons. The summed E-state index contributed by atoms with van der Waals surface area (Å²) in [5.41, 5.74) is 3.43. The highest BCUT2D eigenvalue weighted by Crippen LogP contribution is 2.37. The van der Waals surface area contributed by atoms with Crippen LogP contribution >= 0.6 is 11.6 Å². The Morgan fingerprint density at radius 1 is 1.08 bits per heavy atom. The van der Waals surface area contributed by atoms with Crippen LogP contribution in [0.15, 0.2) is 36.4 Å². The Labute approximate surface area is 162 Å². The smallest absolute Gasteiger partial charge is 0.180 e. The molecule has 0 amide bonds. The first-order chi connectivity index (χ1) is 12.5. The Morgan fingerprint density at radius 3 is 2.58 bits per heavy atom. The van der Waals surface area contributed by atoms with E-state index in [1.807, 2.05) is 31.2 Å². The molecule has 0 saturated carbocycles. The lowest BCUT2D eigenvalue weighted by Gasteiger charge is -2.16. The van der Waals surface area contributed by atoms with Gasteiger partial charge in [0.05, 0.1) is 11.6 Å². The van der Waals surface area contributed by atoms with Gasteiger partial charge in [0.2, 0.25) is 0 Å². The lowest BCUT2D eigenvalue weighted by atomic mass is 10.1. The molecule has 4 heteroatoms. The Morgan fingerprint density at radius 2 is 1.88 bits per heavy atom. The summed E-state index contributed by atoms with van der Waals surface area (Å²) in [6.07, 6.45) is 1.16. The van der Waals surface area contributed by atoms with Crippen molar-refractivity contribution in [1.29, 1.82) is 0 Å². The van der Waals surface area contributed by atoms with Gasteiger partial charge in [0.25, 0.3) is 0 Å². The molecule has 2 aromatic carbocycles. The molecule has 0 saturated heterocycles. The maximum absolute atomic E-state index is 6.50. The maximum atomic E-state index is 6.50. The van der Waals surface area contributed by atoms with Gasteiger partial charge in [0.1, 0.15) is 6.61 Å². The highest BCUT2D eigenvalue weighted by atomic mass is 35.5. The molecule has 2 rings (SSSR count). The van der Waals surface area contributed by atoms with Crippen LogP contribution in [0.25, 0.3) is 0 Å². The van der Waals surface area contributed by atoms with Gasteiger partial charge in [-0.05, 0) is 56.0 Å². The van der Waals surface area contributed by atoms with E-state index in [2.05, 4.69) is 38.2 Å². The lowest BCUT2D eigenvalue weighted by molar-refractivity contribution is 0.269. The average Bonchev–Trinajstić information content (AvgIpc) is 2.58. The molecule has 2 aromatic rings. The Bertz CT molecular complexity index is 701. The van der Waals surface area contributed by atoms with Crippen LogP contribution in [0.3, 0.4) is 0 Å². The van der Waals surface area contributed by atoms with E-state index in [0.717, 1.165) is 30.6 Å². The zero-order chi connectivity index (χ0) is 18.9. The van der Waals surface area contributed by atoms with E-state index in [1.165, 1.54) is 5.56 Å². The van der Waals surface area contributed by atoms with Crippen molar-refractivity contribution >= 4 is 11.6 Å². The summed E-state index contributed by atoms with van der Waals surface area (Å²) >= 11 is 6.50. The van der Waals surface area contributed by atoms with Crippen LogP contribution < -0.4 is 14.8 Å². The first kappa shape index (κ1) is 20.6. The van der Waals surface area contributed by atoms with Crippen molar-refractivity contribution in [2.24, 2.45) is 5.92 Å². The minimum Gasteiger partial charge on any atom is -0.490 e.